The average molecular weight is 190 g/mol. The Morgan fingerprint density at radius 3 is 2.23 bits per heavy atom. The van der Waals surface area contributed by atoms with Crippen molar-refractivity contribution in [2.75, 3.05) is 6.61 Å². The summed E-state index contributed by atoms with van der Waals surface area (Å²) in [5.41, 5.74) is 5.00. The molecule has 0 saturated heterocycles. The second-order valence-electron chi connectivity index (χ2n) is 2.28. The van der Waals surface area contributed by atoms with Gasteiger partial charge in [-0.2, -0.15) is 0 Å². The zero-order chi connectivity index (χ0) is 10.4. The number of hydrogen-bond acceptors (Lipinski definition) is 5. The minimum absolute atomic E-state index is 0.499. The van der Waals surface area contributed by atoms with E-state index in [9.17, 15) is 14.4 Å². The van der Waals surface area contributed by atoms with Gasteiger partial charge in [0, 0.05) is 0 Å². The molecule has 0 spiro atoms. The molecule has 13 heavy (non-hydrogen) atoms. The van der Waals surface area contributed by atoms with Crippen molar-refractivity contribution in [3.8, 4) is 0 Å². The number of carbonyl (C=O) groups excluding carboxylic acids is 2. The lowest BCUT2D eigenvalue weighted by Crippen LogP contribution is -2.40. The van der Waals surface area contributed by atoms with Crippen molar-refractivity contribution in [2.45, 2.75) is 12.5 Å². The van der Waals surface area contributed by atoms with Crippen molar-refractivity contribution in [2.24, 2.45) is 5.73 Å². The van der Waals surface area contributed by atoms with Gasteiger partial charge in [0.2, 0.25) is 5.91 Å². The first-order chi connectivity index (χ1) is 5.97. The van der Waals surface area contributed by atoms with Crippen LogP contribution in [0.2, 0.25) is 0 Å². The van der Waals surface area contributed by atoms with Crippen LogP contribution < -0.4 is 11.1 Å². The van der Waals surface area contributed by atoms with E-state index in [-0.39, 0.29) is 0 Å². The van der Waals surface area contributed by atoms with Crippen molar-refractivity contribution in [1.29, 1.82) is 0 Å². The second kappa shape index (κ2) is 5.22. The normalized spacial score (nSPS) is 11.8. The van der Waals surface area contributed by atoms with Gasteiger partial charge in [-0.3, -0.25) is 19.7 Å². The van der Waals surface area contributed by atoms with Gasteiger partial charge in [0.05, 0.1) is 6.42 Å². The molecule has 0 radical (unpaired) electrons. The van der Waals surface area contributed by atoms with E-state index in [1.54, 1.807) is 5.32 Å². The van der Waals surface area contributed by atoms with Gasteiger partial charge in [-0.1, -0.05) is 0 Å². The largest absolute Gasteiger partial charge is 0.480 e. The highest BCUT2D eigenvalue weighted by Gasteiger charge is 2.17. The Hall–Kier alpha value is -1.47. The quantitative estimate of drug-likeness (QED) is 0.385. The monoisotopic (exact) mass is 190 g/mol. The number of rotatable bonds is 4. The van der Waals surface area contributed by atoms with Crippen LogP contribution in [-0.2, 0) is 14.4 Å². The number of hydrogen-bond donors (Lipinski definition) is 4. The molecule has 0 bridgehead atoms. The third-order valence-corrected chi connectivity index (χ3v) is 1.14. The lowest BCUT2D eigenvalue weighted by Gasteiger charge is -2.05. The molecule has 2 amide bonds. The Kier molecular flexibility index (Phi) is 4.63. The molecule has 1 atom stereocenters. The molecule has 0 aliphatic carbocycles. The van der Waals surface area contributed by atoms with Gasteiger partial charge >= 0.3 is 5.97 Å². The van der Waals surface area contributed by atoms with Gasteiger partial charge in [-0.15, -0.1) is 0 Å². The average Bonchev–Trinajstić information content (AvgIpc) is 2.03. The lowest BCUT2D eigenvalue weighted by molar-refractivity contribution is -0.141. The molecule has 0 rings (SSSR count). The predicted octanol–water partition coefficient (Wildman–Crippen LogP) is -2.58. The molecule has 0 aliphatic heterocycles. The number of carbonyl (C=O) groups is 3. The number of carboxylic acid groups (broad SMARTS) is 1. The highest BCUT2D eigenvalue weighted by Crippen LogP contribution is 1.87. The number of carboxylic acids is 1. The zero-order valence-corrected chi connectivity index (χ0v) is 6.69. The maximum atomic E-state index is 10.7. The standard InChI is InChI=1S/C6H10N2O5/c7-3(6(12)13)1-4(10)8-5(11)2-9/h3,9H,1-2,7H2,(H,12,13)(H,8,10,11)/t3-/m0/s1. The first-order valence-corrected chi connectivity index (χ1v) is 3.39. The predicted molar refractivity (Wildman–Crippen MR) is 40.5 cm³/mol. The van der Waals surface area contributed by atoms with E-state index in [0.29, 0.717) is 0 Å². The molecule has 0 fully saturated rings. The van der Waals surface area contributed by atoms with Crippen LogP contribution in [0.25, 0.3) is 0 Å². The number of aliphatic hydroxyl groups is 1. The van der Waals surface area contributed by atoms with Crippen LogP contribution in [0.3, 0.4) is 0 Å². The van der Waals surface area contributed by atoms with Crippen LogP contribution >= 0.6 is 0 Å². The molecule has 0 aliphatic rings. The fourth-order valence-corrected chi connectivity index (χ4v) is 0.533. The van der Waals surface area contributed by atoms with Crippen molar-refractivity contribution in [1.82, 2.24) is 5.32 Å². The SMILES string of the molecule is N[C@@H](CC(=O)NC(=O)CO)C(=O)O. The number of imide groups is 1. The van der Waals surface area contributed by atoms with Crippen LogP contribution in [0, 0.1) is 0 Å². The Balaban J connectivity index is 3.88. The number of aliphatic hydroxyl groups excluding tert-OH is 1. The summed E-state index contributed by atoms with van der Waals surface area (Å²) in [5.74, 6) is -3.04. The molecule has 0 aromatic rings. The molecule has 7 heteroatoms. The lowest BCUT2D eigenvalue weighted by atomic mass is 10.2. The molecule has 0 aromatic heterocycles. The van der Waals surface area contributed by atoms with Crippen LogP contribution in [0.4, 0.5) is 0 Å². The van der Waals surface area contributed by atoms with Crippen LogP contribution in [0.15, 0.2) is 0 Å². The third kappa shape index (κ3) is 4.88. The summed E-state index contributed by atoms with van der Waals surface area (Å²) in [6.45, 7) is -0.825. The van der Waals surface area contributed by atoms with E-state index in [1.165, 1.54) is 0 Å². The molecular formula is C6H10N2O5. The fraction of sp³-hybridized carbons (Fsp3) is 0.500. The van der Waals surface area contributed by atoms with Crippen molar-refractivity contribution < 1.29 is 24.6 Å². The molecular weight excluding hydrogens is 180 g/mol. The van der Waals surface area contributed by atoms with Crippen molar-refractivity contribution in [3.05, 3.63) is 0 Å². The van der Waals surface area contributed by atoms with Gasteiger partial charge in [-0.25, -0.2) is 0 Å². The van der Waals surface area contributed by atoms with Gasteiger partial charge in [0.15, 0.2) is 0 Å². The molecule has 0 aromatic carbocycles. The van der Waals surface area contributed by atoms with Gasteiger partial charge in [0.25, 0.3) is 5.91 Å². The summed E-state index contributed by atoms with van der Waals surface area (Å²) in [4.78, 5) is 31.3. The number of amides is 2. The Morgan fingerprint density at radius 1 is 1.31 bits per heavy atom. The topological polar surface area (TPSA) is 130 Å². The third-order valence-electron chi connectivity index (χ3n) is 1.14. The molecule has 5 N–H and O–H groups in total. The van der Waals surface area contributed by atoms with E-state index in [2.05, 4.69) is 0 Å². The summed E-state index contributed by atoms with van der Waals surface area (Å²) in [6, 6.07) is -1.34. The molecule has 0 saturated carbocycles. The van der Waals surface area contributed by atoms with Gasteiger partial charge in [0.1, 0.15) is 12.6 Å². The first kappa shape index (κ1) is 11.5. The van der Waals surface area contributed by atoms with Crippen molar-refractivity contribution in [3.63, 3.8) is 0 Å². The Morgan fingerprint density at radius 2 is 1.85 bits per heavy atom. The van der Waals surface area contributed by atoms with E-state index in [1.807, 2.05) is 0 Å². The number of nitrogens with one attached hydrogen (secondary N) is 1. The summed E-state index contributed by atoms with van der Waals surface area (Å²) in [6.07, 6.45) is -0.499. The smallest absolute Gasteiger partial charge is 0.321 e. The van der Waals surface area contributed by atoms with Gasteiger partial charge < -0.3 is 15.9 Å². The number of nitrogens with two attached hydrogens (primary N) is 1. The Labute approximate surface area is 73.5 Å². The zero-order valence-electron chi connectivity index (χ0n) is 6.69. The minimum atomic E-state index is -1.34. The van der Waals surface area contributed by atoms with E-state index in [4.69, 9.17) is 15.9 Å². The van der Waals surface area contributed by atoms with Gasteiger partial charge in [-0.05, 0) is 0 Å². The van der Waals surface area contributed by atoms with E-state index in [0.717, 1.165) is 0 Å². The summed E-state index contributed by atoms with van der Waals surface area (Å²) in [7, 11) is 0. The molecule has 7 nitrogen and oxygen atoms in total. The molecule has 0 heterocycles. The van der Waals surface area contributed by atoms with Crippen LogP contribution in [0.5, 0.6) is 0 Å². The first-order valence-electron chi connectivity index (χ1n) is 3.39. The summed E-state index contributed by atoms with van der Waals surface area (Å²) in [5, 5.41) is 18.2. The fourth-order valence-electron chi connectivity index (χ4n) is 0.533. The van der Waals surface area contributed by atoms with E-state index >= 15 is 0 Å². The Bertz CT molecular complexity index is 227. The summed E-state index contributed by atoms with van der Waals surface area (Å²) < 4.78 is 0. The maximum Gasteiger partial charge on any atom is 0.321 e. The summed E-state index contributed by atoms with van der Waals surface area (Å²) >= 11 is 0. The van der Waals surface area contributed by atoms with Crippen LogP contribution in [0.1, 0.15) is 6.42 Å². The highest BCUT2D eigenvalue weighted by molar-refractivity contribution is 5.97. The second-order valence-corrected chi connectivity index (χ2v) is 2.28. The highest BCUT2D eigenvalue weighted by atomic mass is 16.4. The number of aliphatic carboxylic acids is 1. The maximum absolute atomic E-state index is 10.7. The van der Waals surface area contributed by atoms with Crippen LogP contribution in [-0.4, -0.2) is 40.6 Å². The van der Waals surface area contributed by atoms with E-state index < -0.39 is 36.9 Å². The van der Waals surface area contributed by atoms with Crippen molar-refractivity contribution >= 4 is 17.8 Å². The molecule has 0 unspecified atom stereocenters. The molecule has 74 valence electrons. The minimum Gasteiger partial charge on any atom is -0.480 e.